The fourth-order valence-electron chi connectivity index (χ4n) is 2.81. The molecule has 2 atom stereocenters. The van der Waals surface area contributed by atoms with Gasteiger partial charge in [-0.3, -0.25) is 0 Å². The van der Waals surface area contributed by atoms with Gasteiger partial charge in [0.05, 0.1) is 0 Å². The van der Waals surface area contributed by atoms with E-state index in [1.807, 2.05) is 0 Å². The standard InChI is InChI=1S/C13H27N/c1-10(2)6-12-7-13(11(3)4)9-14(5)8-12/h10-13H,6-9H2,1-5H3/t12-,13+/m1/s1. The van der Waals surface area contributed by atoms with Crippen LogP contribution in [-0.2, 0) is 0 Å². The first-order valence-corrected chi connectivity index (χ1v) is 6.17. The number of likely N-dealkylation sites (tertiary alicyclic amines) is 1. The van der Waals surface area contributed by atoms with Gasteiger partial charge in [0, 0.05) is 13.1 Å². The van der Waals surface area contributed by atoms with Crippen molar-refractivity contribution in [2.45, 2.75) is 40.5 Å². The topological polar surface area (TPSA) is 3.24 Å². The Hall–Kier alpha value is -0.0400. The van der Waals surface area contributed by atoms with Crippen LogP contribution in [0.5, 0.6) is 0 Å². The second-order valence-electron chi connectivity index (χ2n) is 5.96. The zero-order chi connectivity index (χ0) is 10.7. The lowest BCUT2D eigenvalue weighted by atomic mass is 9.79. The van der Waals surface area contributed by atoms with Gasteiger partial charge in [0.15, 0.2) is 0 Å². The number of nitrogens with zero attached hydrogens (tertiary/aromatic N) is 1. The summed E-state index contributed by atoms with van der Waals surface area (Å²) in [6.45, 7) is 12.1. The van der Waals surface area contributed by atoms with Crippen LogP contribution >= 0.6 is 0 Å². The van der Waals surface area contributed by atoms with Crippen molar-refractivity contribution >= 4 is 0 Å². The predicted molar refractivity (Wildman–Crippen MR) is 63.4 cm³/mol. The Morgan fingerprint density at radius 1 is 1.14 bits per heavy atom. The zero-order valence-corrected chi connectivity index (χ0v) is 10.6. The lowest BCUT2D eigenvalue weighted by molar-refractivity contribution is 0.111. The summed E-state index contributed by atoms with van der Waals surface area (Å²) >= 11 is 0. The molecule has 0 spiro atoms. The molecule has 0 N–H and O–H groups in total. The molecule has 0 radical (unpaired) electrons. The SMILES string of the molecule is CC(C)C[C@@H]1C[C@H](C(C)C)CN(C)C1. The van der Waals surface area contributed by atoms with Gasteiger partial charge < -0.3 is 4.90 Å². The molecule has 1 heterocycles. The van der Waals surface area contributed by atoms with E-state index in [9.17, 15) is 0 Å². The van der Waals surface area contributed by atoms with Crippen molar-refractivity contribution in [3.05, 3.63) is 0 Å². The van der Waals surface area contributed by atoms with Gasteiger partial charge in [0.1, 0.15) is 0 Å². The minimum Gasteiger partial charge on any atom is -0.306 e. The second kappa shape index (κ2) is 5.16. The van der Waals surface area contributed by atoms with Gasteiger partial charge in [-0.05, 0) is 43.6 Å². The average molecular weight is 197 g/mol. The van der Waals surface area contributed by atoms with Crippen molar-refractivity contribution in [3.63, 3.8) is 0 Å². The lowest BCUT2D eigenvalue weighted by Gasteiger charge is -2.38. The minimum atomic E-state index is 0.854. The van der Waals surface area contributed by atoms with Gasteiger partial charge in [-0.1, -0.05) is 27.7 Å². The first-order chi connectivity index (χ1) is 6.49. The number of hydrogen-bond donors (Lipinski definition) is 0. The lowest BCUT2D eigenvalue weighted by Crippen LogP contribution is -2.40. The molecule has 1 heteroatoms. The molecule has 0 aromatic carbocycles. The Kier molecular flexibility index (Phi) is 4.43. The van der Waals surface area contributed by atoms with E-state index in [1.54, 1.807) is 0 Å². The third-order valence-corrected chi connectivity index (χ3v) is 3.50. The number of rotatable bonds is 3. The highest BCUT2D eigenvalue weighted by atomic mass is 15.1. The van der Waals surface area contributed by atoms with E-state index in [0.717, 1.165) is 23.7 Å². The van der Waals surface area contributed by atoms with Crippen LogP contribution in [0, 0.1) is 23.7 Å². The summed E-state index contributed by atoms with van der Waals surface area (Å²) in [7, 11) is 2.28. The smallest absolute Gasteiger partial charge is 0.000928 e. The van der Waals surface area contributed by atoms with Crippen LogP contribution in [0.25, 0.3) is 0 Å². The second-order valence-corrected chi connectivity index (χ2v) is 5.96. The molecule has 1 rings (SSSR count). The first-order valence-electron chi connectivity index (χ1n) is 6.17. The summed E-state index contributed by atoms with van der Waals surface area (Å²) in [6.07, 6.45) is 2.87. The molecule has 0 aliphatic carbocycles. The molecular weight excluding hydrogens is 170 g/mol. The van der Waals surface area contributed by atoms with E-state index in [4.69, 9.17) is 0 Å². The molecule has 0 amide bonds. The normalized spacial score (nSPS) is 30.2. The van der Waals surface area contributed by atoms with Crippen molar-refractivity contribution in [1.82, 2.24) is 4.90 Å². The summed E-state index contributed by atoms with van der Waals surface area (Å²) in [5, 5.41) is 0. The molecular formula is C13H27N. The maximum absolute atomic E-state index is 2.53. The molecule has 0 bridgehead atoms. The van der Waals surface area contributed by atoms with Crippen LogP contribution in [0.3, 0.4) is 0 Å². The van der Waals surface area contributed by atoms with Crippen LogP contribution in [-0.4, -0.2) is 25.0 Å². The van der Waals surface area contributed by atoms with Gasteiger partial charge in [0.2, 0.25) is 0 Å². The number of hydrogen-bond acceptors (Lipinski definition) is 1. The highest BCUT2D eigenvalue weighted by molar-refractivity contribution is 4.79. The monoisotopic (exact) mass is 197 g/mol. The summed E-state index contributed by atoms with van der Waals surface area (Å²) < 4.78 is 0. The van der Waals surface area contributed by atoms with Crippen LogP contribution in [0.15, 0.2) is 0 Å². The number of piperidine rings is 1. The molecule has 1 saturated heterocycles. The summed E-state index contributed by atoms with van der Waals surface area (Å²) in [5.74, 6) is 3.59. The Labute approximate surface area is 89.9 Å². The maximum atomic E-state index is 2.53. The van der Waals surface area contributed by atoms with E-state index >= 15 is 0 Å². The highest BCUT2D eigenvalue weighted by Gasteiger charge is 2.27. The van der Waals surface area contributed by atoms with Crippen molar-refractivity contribution in [3.8, 4) is 0 Å². The van der Waals surface area contributed by atoms with E-state index in [1.165, 1.54) is 25.9 Å². The van der Waals surface area contributed by atoms with Crippen molar-refractivity contribution < 1.29 is 0 Å². The summed E-state index contributed by atoms with van der Waals surface area (Å²) in [6, 6.07) is 0. The molecule has 0 aromatic rings. The summed E-state index contributed by atoms with van der Waals surface area (Å²) in [4.78, 5) is 2.53. The third-order valence-electron chi connectivity index (χ3n) is 3.50. The zero-order valence-electron chi connectivity index (χ0n) is 10.6. The van der Waals surface area contributed by atoms with Crippen LogP contribution in [0.4, 0.5) is 0 Å². The van der Waals surface area contributed by atoms with Crippen molar-refractivity contribution in [2.24, 2.45) is 23.7 Å². The van der Waals surface area contributed by atoms with Crippen molar-refractivity contribution in [1.29, 1.82) is 0 Å². The Morgan fingerprint density at radius 3 is 2.29 bits per heavy atom. The molecule has 0 saturated carbocycles. The van der Waals surface area contributed by atoms with Gasteiger partial charge in [-0.15, -0.1) is 0 Å². The van der Waals surface area contributed by atoms with Gasteiger partial charge in [-0.25, -0.2) is 0 Å². The average Bonchev–Trinajstić information content (AvgIpc) is 2.01. The van der Waals surface area contributed by atoms with E-state index < -0.39 is 0 Å². The van der Waals surface area contributed by atoms with Gasteiger partial charge in [0.25, 0.3) is 0 Å². The minimum absolute atomic E-state index is 0.854. The highest BCUT2D eigenvalue weighted by Crippen LogP contribution is 2.30. The fourth-order valence-corrected chi connectivity index (χ4v) is 2.81. The third kappa shape index (κ3) is 3.61. The molecule has 1 fully saturated rings. The van der Waals surface area contributed by atoms with Gasteiger partial charge >= 0.3 is 0 Å². The largest absolute Gasteiger partial charge is 0.306 e. The Balaban J connectivity index is 2.45. The van der Waals surface area contributed by atoms with E-state index in [2.05, 4.69) is 39.6 Å². The van der Waals surface area contributed by atoms with Crippen molar-refractivity contribution in [2.75, 3.05) is 20.1 Å². The first kappa shape index (κ1) is 12.0. The Morgan fingerprint density at radius 2 is 1.79 bits per heavy atom. The predicted octanol–water partition coefficient (Wildman–Crippen LogP) is 3.26. The van der Waals surface area contributed by atoms with E-state index in [0.29, 0.717) is 0 Å². The molecule has 0 aromatic heterocycles. The molecule has 1 nitrogen and oxygen atoms in total. The van der Waals surface area contributed by atoms with Crippen LogP contribution in [0.1, 0.15) is 40.5 Å². The van der Waals surface area contributed by atoms with Crippen LogP contribution < -0.4 is 0 Å². The molecule has 0 unspecified atom stereocenters. The van der Waals surface area contributed by atoms with Gasteiger partial charge in [-0.2, -0.15) is 0 Å². The maximum Gasteiger partial charge on any atom is 0.000928 e. The Bertz CT molecular complexity index is 161. The molecule has 84 valence electrons. The summed E-state index contributed by atoms with van der Waals surface area (Å²) in [5.41, 5.74) is 0. The quantitative estimate of drug-likeness (QED) is 0.671. The molecule has 1 aliphatic heterocycles. The van der Waals surface area contributed by atoms with Crippen LogP contribution in [0.2, 0.25) is 0 Å². The van der Waals surface area contributed by atoms with E-state index in [-0.39, 0.29) is 0 Å². The molecule has 1 aliphatic rings. The fraction of sp³-hybridized carbons (Fsp3) is 1.00. The molecule has 14 heavy (non-hydrogen) atoms.